The largest absolute Gasteiger partial charge is 0.366 e. The normalized spacial score (nSPS) is 17.9. The molecule has 130 valence electrons. The number of nitrogens with one attached hydrogen (secondary N) is 3. The van der Waals surface area contributed by atoms with Crippen LogP contribution in [0.15, 0.2) is 47.4 Å². The summed E-state index contributed by atoms with van der Waals surface area (Å²) in [4.78, 5) is 24.0. The van der Waals surface area contributed by atoms with Crippen molar-refractivity contribution in [3.05, 3.63) is 53.6 Å². The number of anilines is 2. The maximum Gasteiger partial charge on any atom is 0.262 e. The van der Waals surface area contributed by atoms with E-state index in [0.717, 1.165) is 5.56 Å². The second-order valence-electron chi connectivity index (χ2n) is 5.60. The van der Waals surface area contributed by atoms with Gasteiger partial charge in [-0.15, -0.1) is 0 Å². The molecular weight excluding hydrogens is 344 g/mol. The van der Waals surface area contributed by atoms with Gasteiger partial charge in [-0.2, -0.15) is 4.72 Å². The Morgan fingerprint density at radius 2 is 1.88 bits per heavy atom. The van der Waals surface area contributed by atoms with Crippen LogP contribution in [0, 0.1) is 6.92 Å². The Bertz CT molecular complexity index is 972. The van der Waals surface area contributed by atoms with Crippen molar-refractivity contribution >= 4 is 33.2 Å². The summed E-state index contributed by atoms with van der Waals surface area (Å²) in [5, 5.41) is 5.36. The second kappa shape index (κ2) is 6.19. The standard InChI is InChI=1S/C16H16N4O4S/c1-9-6-7-13-12(8-9)18-15(20-25(13,23)24)16(22)19-11-5-3-2-4-10(11)14(17)21/h2-8,15,18,20H,1H3,(H2,17,21)(H,19,22). The summed E-state index contributed by atoms with van der Waals surface area (Å²) in [7, 11) is -3.84. The topological polar surface area (TPSA) is 130 Å². The van der Waals surface area contributed by atoms with Gasteiger partial charge < -0.3 is 16.4 Å². The van der Waals surface area contributed by atoms with E-state index in [1.165, 1.54) is 18.2 Å². The Hall–Kier alpha value is -2.91. The number of rotatable bonds is 3. The molecule has 8 nitrogen and oxygen atoms in total. The predicted molar refractivity (Wildman–Crippen MR) is 92.5 cm³/mol. The third kappa shape index (κ3) is 3.32. The average molecular weight is 360 g/mol. The van der Waals surface area contributed by atoms with Gasteiger partial charge in [-0.3, -0.25) is 9.59 Å². The molecule has 2 aromatic rings. The van der Waals surface area contributed by atoms with Gasteiger partial charge in [-0.05, 0) is 36.8 Å². The minimum Gasteiger partial charge on any atom is -0.366 e. The molecule has 5 N–H and O–H groups in total. The van der Waals surface area contributed by atoms with E-state index in [1.807, 2.05) is 6.92 Å². The molecule has 0 aliphatic carbocycles. The maximum atomic E-state index is 12.5. The van der Waals surface area contributed by atoms with Crippen LogP contribution in [0.25, 0.3) is 0 Å². The fourth-order valence-electron chi connectivity index (χ4n) is 2.53. The van der Waals surface area contributed by atoms with Crippen molar-refractivity contribution in [2.45, 2.75) is 18.0 Å². The number of sulfonamides is 1. The lowest BCUT2D eigenvalue weighted by molar-refractivity contribution is -0.117. The Morgan fingerprint density at radius 3 is 2.60 bits per heavy atom. The van der Waals surface area contributed by atoms with Crippen molar-refractivity contribution in [1.82, 2.24) is 4.72 Å². The van der Waals surface area contributed by atoms with E-state index in [-0.39, 0.29) is 16.1 Å². The lowest BCUT2D eigenvalue weighted by Crippen LogP contribution is -2.51. The third-order valence-corrected chi connectivity index (χ3v) is 5.19. The van der Waals surface area contributed by atoms with Gasteiger partial charge in [0.25, 0.3) is 11.8 Å². The Morgan fingerprint density at radius 1 is 1.16 bits per heavy atom. The number of primary amides is 1. The van der Waals surface area contributed by atoms with E-state index in [9.17, 15) is 18.0 Å². The average Bonchev–Trinajstić information content (AvgIpc) is 2.53. The first-order valence-electron chi connectivity index (χ1n) is 7.37. The van der Waals surface area contributed by atoms with Crippen LogP contribution in [-0.2, 0) is 14.8 Å². The molecule has 0 saturated carbocycles. The van der Waals surface area contributed by atoms with E-state index in [4.69, 9.17) is 5.73 Å². The van der Waals surface area contributed by atoms with Crippen molar-refractivity contribution in [1.29, 1.82) is 0 Å². The number of hydrogen-bond donors (Lipinski definition) is 4. The van der Waals surface area contributed by atoms with Crippen LogP contribution in [0.5, 0.6) is 0 Å². The van der Waals surface area contributed by atoms with Crippen molar-refractivity contribution in [2.75, 3.05) is 10.6 Å². The Balaban J connectivity index is 1.89. The summed E-state index contributed by atoms with van der Waals surface area (Å²) >= 11 is 0. The zero-order chi connectivity index (χ0) is 18.2. The van der Waals surface area contributed by atoms with Crippen LogP contribution in [0.4, 0.5) is 11.4 Å². The summed E-state index contributed by atoms with van der Waals surface area (Å²) in [6, 6.07) is 11.0. The number of amides is 2. The summed E-state index contributed by atoms with van der Waals surface area (Å²) < 4.78 is 26.9. The van der Waals surface area contributed by atoms with Gasteiger partial charge >= 0.3 is 0 Å². The fourth-order valence-corrected chi connectivity index (χ4v) is 3.78. The number of aryl methyl sites for hydroxylation is 1. The summed E-state index contributed by atoms with van der Waals surface area (Å²) in [5.41, 5.74) is 6.79. The van der Waals surface area contributed by atoms with Crippen LogP contribution in [0.2, 0.25) is 0 Å². The minimum absolute atomic E-state index is 0.0692. The van der Waals surface area contributed by atoms with E-state index in [2.05, 4.69) is 15.4 Å². The highest BCUT2D eigenvalue weighted by atomic mass is 32.2. The number of fused-ring (bicyclic) bond motifs is 1. The molecule has 9 heteroatoms. The zero-order valence-electron chi connectivity index (χ0n) is 13.2. The number of nitrogens with two attached hydrogens (primary N) is 1. The molecule has 2 amide bonds. The maximum absolute atomic E-state index is 12.5. The third-order valence-electron chi connectivity index (χ3n) is 3.71. The number of benzene rings is 2. The van der Waals surface area contributed by atoms with E-state index in [0.29, 0.717) is 5.69 Å². The summed E-state index contributed by atoms with van der Waals surface area (Å²) in [6.07, 6.45) is -1.22. The smallest absolute Gasteiger partial charge is 0.262 e. The van der Waals surface area contributed by atoms with Gasteiger partial charge in [0, 0.05) is 0 Å². The molecule has 0 radical (unpaired) electrons. The van der Waals surface area contributed by atoms with Crippen molar-refractivity contribution in [3.63, 3.8) is 0 Å². The molecule has 1 aliphatic heterocycles. The molecule has 2 aromatic carbocycles. The lowest BCUT2D eigenvalue weighted by Gasteiger charge is -2.27. The molecular formula is C16H16N4O4S. The van der Waals surface area contributed by atoms with Crippen LogP contribution < -0.4 is 21.1 Å². The molecule has 0 bridgehead atoms. The first-order chi connectivity index (χ1) is 11.8. The second-order valence-corrected chi connectivity index (χ2v) is 7.28. The number of hydrogen-bond acceptors (Lipinski definition) is 5. The summed E-state index contributed by atoms with van der Waals surface area (Å²) in [5.74, 6) is -1.36. The SMILES string of the molecule is Cc1ccc2c(c1)NC(C(=O)Nc1ccccc1C(N)=O)NS2(=O)=O. The number of carbonyl (C=O) groups excluding carboxylic acids is 2. The van der Waals surface area contributed by atoms with Crippen LogP contribution in [0.3, 0.4) is 0 Å². The van der Waals surface area contributed by atoms with Crippen LogP contribution in [-0.4, -0.2) is 26.4 Å². The Kier molecular flexibility index (Phi) is 4.19. The quantitative estimate of drug-likeness (QED) is 0.642. The van der Waals surface area contributed by atoms with Crippen molar-refractivity contribution in [2.24, 2.45) is 5.73 Å². The highest BCUT2D eigenvalue weighted by Crippen LogP contribution is 2.27. The van der Waals surface area contributed by atoms with Gasteiger partial charge in [0.05, 0.1) is 16.9 Å². The van der Waals surface area contributed by atoms with Crippen LogP contribution in [0.1, 0.15) is 15.9 Å². The first-order valence-corrected chi connectivity index (χ1v) is 8.85. The van der Waals surface area contributed by atoms with Gasteiger partial charge in [-0.25, -0.2) is 8.42 Å². The number of carbonyl (C=O) groups is 2. The van der Waals surface area contributed by atoms with E-state index in [1.54, 1.807) is 24.3 Å². The monoisotopic (exact) mass is 360 g/mol. The molecule has 0 aromatic heterocycles. The van der Waals surface area contributed by atoms with Crippen LogP contribution >= 0.6 is 0 Å². The summed E-state index contributed by atoms with van der Waals surface area (Å²) in [6.45, 7) is 1.81. The molecule has 0 saturated heterocycles. The molecule has 1 unspecified atom stereocenters. The lowest BCUT2D eigenvalue weighted by atomic mass is 10.1. The molecule has 0 fully saturated rings. The first kappa shape index (κ1) is 16.9. The zero-order valence-corrected chi connectivity index (χ0v) is 14.1. The Labute approximate surface area is 144 Å². The predicted octanol–water partition coefficient (Wildman–Crippen LogP) is 0.763. The molecule has 1 aliphatic rings. The van der Waals surface area contributed by atoms with Gasteiger partial charge in [0.15, 0.2) is 6.17 Å². The molecule has 1 heterocycles. The molecule has 3 rings (SSSR count). The fraction of sp³-hybridized carbons (Fsp3) is 0.125. The van der Waals surface area contributed by atoms with E-state index < -0.39 is 28.0 Å². The molecule has 25 heavy (non-hydrogen) atoms. The van der Waals surface area contributed by atoms with Gasteiger partial charge in [-0.1, -0.05) is 18.2 Å². The molecule has 1 atom stereocenters. The highest BCUT2D eigenvalue weighted by Gasteiger charge is 2.33. The number of para-hydroxylation sites is 1. The highest BCUT2D eigenvalue weighted by molar-refractivity contribution is 7.89. The van der Waals surface area contributed by atoms with Crippen molar-refractivity contribution < 1.29 is 18.0 Å². The van der Waals surface area contributed by atoms with Gasteiger partial charge in [0.1, 0.15) is 4.90 Å². The van der Waals surface area contributed by atoms with E-state index >= 15 is 0 Å². The van der Waals surface area contributed by atoms with Gasteiger partial charge in [0.2, 0.25) is 10.0 Å². The van der Waals surface area contributed by atoms with Crippen molar-refractivity contribution in [3.8, 4) is 0 Å². The minimum atomic E-state index is -3.84. The molecule has 0 spiro atoms.